The molecule has 1 unspecified atom stereocenters. The Morgan fingerprint density at radius 2 is 1.86 bits per heavy atom. The van der Waals surface area contributed by atoms with Gasteiger partial charge in [-0.15, -0.1) is 0 Å². The van der Waals surface area contributed by atoms with Crippen LogP contribution in [0.4, 0.5) is 0 Å². The SMILES string of the molecule is CC.O=C1CCC(N2C(=O)c3ccccc3CC2=S)C(=O)N1. The number of fused-ring (bicyclic) bond motifs is 1. The fourth-order valence-corrected chi connectivity index (χ4v) is 2.98. The van der Waals surface area contributed by atoms with Gasteiger partial charge in [-0.2, -0.15) is 0 Å². The number of nitrogens with zero attached hydrogens (tertiary/aromatic N) is 1. The van der Waals surface area contributed by atoms with E-state index in [1.165, 1.54) is 4.90 Å². The highest BCUT2D eigenvalue weighted by Crippen LogP contribution is 2.25. The number of hydrogen-bond acceptors (Lipinski definition) is 4. The van der Waals surface area contributed by atoms with Crippen LogP contribution in [0, 0.1) is 0 Å². The van der Waals surface area contributed by atoms with Crippen LogP contribution in [-0.4, -0.2) is 33.7 Å². The van der Waals surface area contributed by atoms with Crippen LogP contribution in [0.15, 0.2) is 24.3 Å². The molecule has 2 aliphatic heterocycles. The summed E-state index contributed by atoms with van der Waals surface area (Å²) in [5, 5.41) is 2.26. The number of carbonyl (C=O) groups excluding carboxylic acids is 3. The van der Waals surface area contributed by atoms with Gasteiger partial charge in [0.2, 0.25) is 11.8 Å². The summed E-state index contributed by atoms with van der Waals surface area (Å²) in [5.74, 6) is -1.01. The van der Waals surface area contributed by atoms with Crippen molar-refractivity contribution in [2.45, 2.75) is 39.2 Å². The Hall–Kier alpha value is -2.08. The van der Waals surface area contributed by atoms with E-state index >= 15 is 0 Å². The molecule has 3 amide bonds. The Balaban J connectivity index is 0.000000847. The molecule has 0 bridgehead atoms. The number of amides is 3. The Kier molecular flexibility index (Phi) is 5.03. The first-order valence-corrected chi connectivity index (χ1v) is 7.77. The van der Waals surface area contributed by atoms with Gasteiger partial charge in [0.25, 0.3) is 5.91 Å². The van der Waals surface area contributed by atoms with Gasteiger partial charge in [-0.25, -0.2) is 0 Å². The number of benzene rings is 1. The van der Waals surface area contributed by atoms with Crippen molar-refractivity contribution in [2.75, 3.05) is 0 Å². The van der Waals surface area contributed by atoms with Crippen molar-refractivity contribution < 1.29 is 14.4 Å². The summed E-state index contributed by atoms with van der Waals surface area (Å²) in [6, 6.07) is 6.56. The number of piperidine rings is 1. The lowest BCUT2D eigenvalue weighted by Gasteiger charge is -2.36. The molecule has 1 saturated heterocycles. The molecule has 1 N–H and O–H groups in total. The lowest BCUT2D eigenvalue weighted by atomic mass is 9.95. The molecule has 116 valence electrons. The molecule has 5 nitrogen and oxygen atoms in total. The molecule has 1 aromatic rings. The highest BCUT2D eigenvalue weighted by atomic mass is 32.1. The van der Waals surface area contributed by atoms with E-state index in [0.29, 0.717) is 23.4 Å². The second-order valence-electron chi connectivity index (χ2n) is 4.87. The zero-order valence-corrected chi connectivity index (χ0v) is 13.4. The van der Waals surface area contributed by atoms with E-state index < -0.39 is 11.9 Å². The quantitative estimate of drug-likeness (QED) is 0.634. The van der Waals surface area contributed by atoms with Crippen LogP contribution in [0.2, 0.25) is 0 Å². The maximum Gasteiger partial charge on any atom is 0.259 e. The van der Waals surface area contributed by atoms with Crippen LogP contribution in [-0.2, 0) is 16.0 Å². The molecule has 2 aliphatic rings. The topological polar surface area (TPSA) is 66.5 Å². The van der Waals surface area contributed by atoms with Gasteiger partial charge < -0.3 is 0 Å². The van der Waals surface area contributed by atoms with E-state index in [9.17, 15) is 14.4 Å². The van der Waals surface area contributed by atoms with Gasteiger partial charge in [-0.3, -0.25) is 24.6 Å². The minimum Gasteiger partial charge on any atom is -0.295 e. The summed E-state index contributed by atoms with van der Waals surface area (Å²) < 4.78 is 0. The zero-order chi connectivity index (χ0) is 16.3. The van der Waals surface area contributed by atoms with E-state index in [1.807, 2.05) is 26.0 Å². The smallest absolute Gasteiger partial charge is 0.259 e. The lowest BCUT2D eigenvalue weighted by molar-refractivity contribution is -0.136. The number of hydrogen-bond donors (Lipinski definition) is 1. The molecule has 1 aromatic carbocycles. The molecule has 0 aromatic heterocycles. The zero-order valence-electron chi connectivity index (χ0n) is 12.6. The average Bonchev–Trinajstić information content (AvgIpc) is 2.51. The normalized spacial score (nSPS) is 20.8. The van der Waals surface area contributed by atoms with Gasteiger partial charge in [0.05, 0.1) is 4.99 Å². The molecule has 0 saturated carbocycles. The third kappa shape index (κ3) is 2.92. The first kappa shape index (κ1) is 16.3. The van der Waals surface area contributed by atoms with Crippen LogP contribution in [0.3, 0.4) is 0 Å². The molecule has 1 atom stereocenters. The Morgan fingerprint density at radius 3 is 2.55 bits per heavy atom. The fourth-order valence-electron chi connectivity index (χ4n) is 2.62. The second-order valence-corrected chi connectivity index (χ2v) is 5.34. The number of carbonyl (C=O) groups is 3. The fraction of sp³-hybridized carbons (Fsp3) is 0.375. The second kappa shape index (κ2) is 6.79. The Labute approximate surface area is 134 Å². The molecule has 0 aliphatic carbocycles. The van der Waals surface area contributed by atoms with E-state index in [-0.39, 0.29) is 18.2 Å². The van der Waals surface area contributed by atoms with Crippen molar-refractivity contribution in [1.29, 1.82) is 0 Å². The monoisotopic (exact) mass is 318 g/mol. The summed E-state index contributed by atoms with van der Waals surface area (Å²) in [7, 11) is 0. The highest BCUT2D eigenvalue weighted by molar-refractivity contribution is 7.80. The van der Waals surface area contributed by atoms with Gasteiger partial charge in [-0.1, -0.05) is 44.3 Å². The summed E-state index contributed by atoms with van der Waals surface area (Å²) in [4.78, 5) is 37.4. The van der Waals surface area contributed by atoms with Crippen LogP contribution in [0.5, 0.6) is 0 Å². The number of imide groups is 1. The van der Waals surface area contributed by atoms with E-state index in [0.717, 1.165) is 5.56 Å². The minimum atomic E-state index is -0.680. The summed E-state index contributed by atoms with van der Waals surface area (Å²) in [6.45, 7) is 4.00. The molecule has 1 fully saturated rings. The van der Waals surface area contributed by atoms with Gasteiger partial charge in [0.15, 0.2) is 0 Å². The highest BCUT2D eigenvalue weighted by Gasteiger charge is 2.39. The van der Waals surface area contributed by atoms with Crippen molar-refractivity contribution in [3.05, 3.63) is 35.4 Å². The maximum absolute atomic E-state index is 12.5. The number of rotatable bonds is 1. The first-order chi connectivity index (χ1) is 10.6. The largest absolute Gasteiger partial charge is 0.295 e. The van der Waals surface area contributed by atoms with Crippen molar-refractivity contribution in [2.24, 2.45) is 0 Å². The van der Waals surface area contributed by atoms with Crippen LogP contribution >= 0.6 is 12.2 Å². The number of nitrogens with one attached hydrogen (secondary N) is 1. The summed E-state index contributed by atoms with van der Waals surface area (Å²) >= 11 is 5.28. The van der Waals surface area contributed by atoms with Crippen molar-refractivity contribution >= 4 is 34.9 Å². The average molecular weight is 318 g/mol. The molecule has 22 heavy (non-hydrogen) atoms. The van der Waals surface area contributed by atoms with Gasteiger partial charge >= 0.3 is 0 Å². The van der Waals surface area contributed by atoms with Crippen molar-refractivity contribution in [1.82, 2.24) is 10.2 Å². The van der Waals surface area contributed by atoms with Crippen LogP contribution in [0.1, 0.15) is 42.6 Å². The standard InChI is InChI=1S/C14H12N2O3S.C2H6/c17-11-6-5-10(13(18)15-11)16-12(20)7-8-3-1-2-4-9(8)14(16)19;1-2/h1-4,10H,5-7H2,(H,15,17,18);1-2H3. The molecule has 6 heteroatoms. The molecule has 0 spiro atoms. The predicted octanol–water partition coefficient (Wildman–Crippen LogP) is 1.84. The van der Waals surface area contributed by atoms with E-state index in [2.05, 4.69) is 5.32 Å². The van der Waals surface area contributed by atoms with Gasteiger partial charge in [0, 0.05) is 18.4 Å². The minimum absolute atomic E-state index is 0.227. The molecular formula is C16H18N2O3S. The summed E-state index contributed by atoms with van der Waals surface area (Å²) in [5.41, 5.74) is 1.46. The van der Waals surface area contributed by atoms with Crippen molar-refractivity contribution in [3.63, 3.8) is 0 Å². The molecule has 3 rings (SSSR count). The first-order valence-electron chi connectivity index (χ1n) is 7.36. The third-order valence-electron chi connectivity index (χ3n) is 3.60. The van der Waals surface area contributed by atoms with Crippen LogP contribution < -0.4 is 5.32 Å². The number of thiocarbonyl (C=S) groups is 1. The molecular weight excluding hydrogens is 300 g/mol. The Morgan fingerprint density at radius 1 is 1.18 bits per heavy atom. The van der Waals surface area contributed by atoms with Gasteiger partial charge in [-0.05, 0) is 18.1 Å². The van der Waals surface area contributed by atoms with E-state index in [1.54, 1.807) is 12.1 Å². The van der Waals surface area contributed by atoms with Gasteiger partial charge in [0.1, 0.15) is 6.04 Å². The Bertz CT molecular complexity index is 642. The van der Waals surface area contributed by atoms with Crippen LogP contribution in [0.25, 0.3) is 0 Å². The summed E-state index contributed by atoms with van der Waals surface area (Å²) in [6.07, 6.45) is 1.01. The van der Waals surface area contributed by atoms with Crippen molar-refractivity contribution in [3.8, 4) is 0 Å². The lowest BCUT2D eigenvalue weighted by Crippen LogP contribution is -2.57. The molecule has 0 radical (unpaired) electrons. The molecule has 2 heterocycles. The predicted molar refractivity (Wildman–Crippen MR) is 86.4 cm³/mol. The van der Waals surface area contributed by atoms with E-state index in [4.69, 9.17) is 12.2 Å². The third-order valence-corrected chi connectivity index (χ3v) is 3.94. The maximum atomic E-state index is 12.5.